The van der Waals surface area contributed by atoms with Gasteiger partial charge < -0.3 is 10.4 Å². The summed E-state index contributed by atoms with van der Waals surface area (Å²) in [5.41, 5.74) is 2.06. The predicted octanol–water partition coefficient (Wildman–Crippen LogP) is 2.75. The van der Waals surface area contributed by atoms with Gasteiger partial charge in [0.25, 0.3) is 0 Å². The van der Waals surface area contributed by atoms with Gasteiger partial charge in [-0.3, -0.25) is 4.98 Å². The number of hydrogen-bond acceptors (Lipinski definition) is 3. The third kappa shape index (κ3) is 3.19. The summed E-state index contributed by atoms with van der Waals surface area (Å²) >= 11 is 6.10. The first-order chi connectivity index (χ1) is 8.70. The first-order valence-electron chi connectivity index (χ1n) is 6.08. The average Bonchev–Trinajstić information content (AvgIpc) is 2.36. The molecule has 2 N–H and O–H groups in total. The molecule has 0 aliphatic rings. The van der Waals surface area contributed by atoms with E-state index in [1.807, 2.05) is 24.3 Å². The first kappa shape index (κ1) is 13.3. The third-order valence-electron chi connectivity index (χ3n) is 2.95. The van der Waals surface area contributed by atoms with Crippen LogP contribution >= 0.6 is 11.6 Å². The fourth-order valence-electron chi connectivity index (χ4n) is 1.94. The Labute approximate surface area is 112 Å². The molecule has 0 aliphatic carbocycles. The molecular formula is C14H17ClN2O. The van der Waals surface area contributed by atoms with Crippen LogP contribution in [0.5, 0.6) is 0 Å². The molecule has 18 heavy (non-hydrogen) atoms. The van der Waals surface area contributed by atoms with Crippen LogP contribution in [-0.4, -0.2) is 22.7 Å². The summed E-state index contributed by atoms with van der Waals surface area (Å²) in [5.74, 6) is 0. The van der Waals surface area contributed by atoms with Gasteiger partial charge in [-0.15, -0.1) is 0 Å². The lowest BCUT2D eigenvalue weighted by molar-refractivity contribution is 0.269. The molecule has 3 nitrogen and oxygen atoms in total. The number of rotatable bonds is 5. The van der Waals surface area contributed by atoms with Gasteiger partial charge in [-0.1, -0.05) is 17.7 Å². The van der Waals surface area contributed by atoms with Crippen LogP contribution in [0.3, 0.4) is 0 Å². The normalized spacial score (nSPS) is 12.8. The van der Waals surface area contributed by atoms with E-state index in [-0.39, 0.29) is 12.6 Å². The van der Waals surface area contributed by atoms with Gasteiger partial charge >= 0.3 is 0 Å². The molecule has 0 fully saturated rings. The molecule has 0 spiro atoms. The van der Waals surface area contributed by atoms with Crippen molar-refractivity contribution in [2.24, 2.45) is 0 Å². The van der Waals surface area contributed by atoms with Crippen molar-refractivity contribution in [1.29, 1.82) is 0 Å². The highest BCUT2D eigenvalue weighted by Crippen LogP contribution is 2.22. The Morgan fingerprint density at radius 2 is 2.28 bits per heavy atom. The molecule has 4 heteroatoms. The Bertz CT molecular complexity index is 530. The minimum absolute atomic E-state index is 0.197. The van der Waals surface area contributed by atoms with Crippen LogP contribution in [0.2, 0.25) is 5.02 Å². The van der Waals surface area contributed by atoms with Crippen LogP contribution in [0.1, 0.15) is 18.9 Å². The largest absolute Gasteiger partial charge is 0.396 e. The second kappa shape index (κ2) is 6.14. The fourth-order valence-corrected chi connectivity index (χ4v) is 2.19. The monoisotopic (exact) mass is 264 g/mol. The molecule has 1 atom stereocenters. The Kier molecular flexibility index (Phi) is 4.53. The minimum atomic E-state index is 0.197. The molecule has 0 radical (unpaired) electrons. The Morgan fingerprint density at radius 1 is 1.44 bits per heavy atom. The highest BCUT2D eigenvalue weighted by atomic mass is 35.5. The van der Waals surface area contributed by atoms with Gasteiger partial charge in [-0.25, -0.2) is 0 Å². The van der Waals surface area contributed by atoms with Crippen LogP contribution in [0.4, 0.5) is 0 Å². The molecule has 2 aromatic rings. The van der Waals surface area contributed by atoms with Gasteiger partial charge in [-0.05, 0) is 37.1 Å². The van der Waals surface area contributed by atoms with Crippen LogP contribution in [0, 0.1) is 0 Å². The lowest BCUT2D eigenvalue weighted by Gasteiger charge is -2.13. The fraction of sp³-hybridized carbons (Fsp3) is 0.357. The van der Waals surface area contributed by atoms with E-state index in [1.54, 1.807) is 6.20 Å². The summed E-state index contributed by atoms with van der Waals surface area (Å²) in [7, 11) is 0. The smallest absolute Gasteiger partial charge is 0.0747 e. The number of pyridine rings is 1. The zero-order valence-corrected chi connectivity index (χ0v) is 11.1. The van der Waals surface area contributed by atoms with Crippen molar-refractivity contribution in [3.8, 4) is 0 Å². The van der Waals surface area contributed by atoms with E-state index in [9.17, 15) is 0 Å². The van der Waals surface area contributed by atoms with Gasteiger partial charge in [0.2, 0.25) is 0 Å². The molecule has 96 valence electrons. The number of fused-ring (bicyclic) bond motifs is 1. The van der Waals surface area contributed by atoms with E-state index in [0.717, 1.165) is 27.9 Å². The Hall–Kier alpha value is -1.16. The van der Waals surface area contributed by atoms with E-state index < -0.39 is 0 Å². The summed E-state index contributed by atoms with van der Waals surface area (Å²) in [5, 5.41) is 14.0. The molecular weight excluding hydrogens is 248 g/mol. The second-order valence-electron chi connectivity index (χ2n) is 4.43. The standard InChI is InChI=1S/C14H17ClN2O/c1-10(4-6-18)17-9-12-8-13(15)7-11-3-2-5-16-14(11)12/h2-3,5,7-8,10,17-18H,4,6,9H2,1H3. The quantitative estimate of drug-likeness (QED) is 0.873. The maximum absolute atomic E-state index is 8.88. The van der Waals surface area contributed by atoms with Gasteiger partial charge in [0.15, 0.2) is 0 Å². The molecule has 1 heterocycles. The number of halogens is 1. The van der Waals surface area contributed by atoms with Crippen molar-refractivity contribution >= 4 is 22.5 Å². The SMILES string of the molecule is CC(CCO)NCc1cc(Cl)cc2cccnc12. The number of nitrogens with one attached hydrogen (secondary N) is 1. The molecule has 0 saturated carbocycles. The maximum atomic E-state index is 8.88. The number of nitrogens with zero attached hydrogens (tertiary/aromatic N) is 1. The van der Waals surface area contributed by atoms with Crippen molar-refractivity contribution in [3.05, 3.63) is 41.0 Å². The number of hydrogen-bond donors (Lipinski definition) is 2. The number of aliphatic hydroxyl groups is 1. The molecule has 1 aromatic carbocycles. The van der Waals surface area contributed by atoms with E-state index in [2.05, 4.69) is 17.2 Å². The summed E-state index contributed by atoms with van der Waals surface area (Å²) in [6, 6.07) is 8.05. The molecule has 1 unspecified atom stereocenters. The van der Waals surface area contributed by atoms with E-state index in [0.29, 0.717) is 6.54 Å². The molecule has 0 amide bonds. The van der Waals surface area contributed by atoms with E-state index >= 15 is 0 Å². The zero-order chi connectivity index (χ0) is 13.0. The highest BCUT2D eigenvalue weighted by molar-refractivity contribution is 6.31. The first-order valence-corrected chi connectivity index (χ1v) is 6.46. The molecule has 0 saturated heterocycles. The Morgan fingerprint density at radius 3 is 3.06 bits per heavy atom. The molecule has 0 bridgehead atoms. The number of aliphatic hydroxyl groups excluding tert-OH is 1. The zero-order valence-electron chi connectivity index (χ0n) is 10.4. The van der Waals surface area contributed by atoms with Gasteiger partial charge in [0, 0.05) is 35.8 Å². The van der Waals surface area contributed by atoms with Crippen LogP contribution in [0.25, 0.3) is 10.9 Å². The summed E-state index contributed by atoms with van der Waals surface area (Å²) in [4.78, 5) is 4.40. The van der Waals surface area contributed by atoms with Crippen LogP contribution in [-0.2, 0) is 6.54 Å². The summed E-state index contributed by atoms with van der Waals surface area (Å²) in [6.45, 7) is 2.95. The lowest BCUT2D eigenvalue weighted by Crippen LogP contribution is -2.26. The molecule has 0 aliphatic heterocycles. The minimum Gasteiger partial charge on any atom is -0.396 e. The topological polar surface area (TPSA) is 45.1 Å². The summed E-state index contributed by atoms with van der Waals surface area (Å²) < 4.78 is 0. The molecule has 2 rings (SSSR count). The highest BCUT2D eigenvalue weighted by Gasteiger charge is 2.06. The lowest BCUT2D eigenvalue weighted by atomic mass is 10.1. The van der Waals surface area contributed by atoms with E-state index in [1.165, 1.54) is 0 Å². The summed E-state index contributed by atoms with van der Waals surface area (Å²) in [6.07, 6.45) is 2.53. The van der Waals surface area contributed by atoms with Gasteiger partial charge in [0.05, 0.1) is 5.52 Å². The van der Waals surface area contributed by atoms with Crippen molar-refractivity contribution in [3.63, 3.8) is 0 Å². The van der Waals surface area contributed by atoms with Gasteiger partial charge in [-0.2, -0.15) is 0 Å². The third-order valence-corrected chi connectivity index (χ3v) is 3.17. The van der Waals surface area contributed by atoms with Crippen molar-refractivity contribution in [1.82, 2.24) is 10.3 Å². The predicted molar refractivity (Wildman–Crippen MR) is 74.8 cm³/mol. The van der Waals surface area contributed by atoms with Crippen molar-refractivity contribution < 1.29 is 5.11 Å². The average molecular weight is 265 g/mol. The van der Waals surface area contributed by atoms with Crippen LogP contribution < -0.4 is 5.32 Å². The second-order valence-corrected chi connectivity index (χ2v) is 4.87. The number of benzene rings is 1. The van der Waals surface area contributed by atoms with Crippen molar-refractivity contribution in [2.45, 2.75) is 25.9 Å². The van der Waals surface area contributed by atoms with Crippen molar-refractivity contribution in [2.75, 3.05) is 6.61 Å². The maximum Gasteiger partial charge on any atom is 0.0747 e. The molecule has 1 aromatic heterocycles. The van der Waals surface area contributed by atoms with Crippen LogP contribution in [0.15, 0.2) is 30.5 Å². The van der Waals surface area contributed by atoms with E-state index in [4.69, 9.17) is 16.7 Å². The Balaban J connectivity index is 2.21. The number of aromatic nitrogens is 1. The van der Waals surface area contributed by atoms with Gasteiger partial charge in [0.1, 0.15) is 0 Å².